The molecule has 3 rings (SSSR count). The average Bonchev–Trinajstić information content (AvgIpc) is 3.20. The molecule has 23 heavy (non-hydrogen) atoms. The smallest absolute Gasteiger partial charge is 0.250 e. The van der Waals surface area contributed by atoms with E-state index >= 15 is 0 Å². The molecule has 6 nitrogen and oxygen atoms in total. The Hall–Kier alpha value is -1.92. The Kier molecular flexibility index (Phi) is 4.63. The lowest BCUT2D eigenvalue weighted by Crippen LogP contribution is -2.29. The van der Waals surface area contributed by atoms with Gasteiger partial charge < -0.3 is 18.6 Å². The molecule has 1 aliphatic heterocycles. The summed E-state index contributed by atoms with van der Waals surface area (Å²) in [4.78, 5) is 0. The molecule has 0 spiro atoms. The Bertz CT molecular complexity index is 662. The van der Waals surface area contributed by atoms with E-state index in [1.165, 1.54) is 11.1 Å². The van der Waals surface area contributed by atoms with E-state index < -0.39 is 5.60 Å². The fraction of sp³-hybridized carbons (Fsp3) is 0.529. The van der Waals surface area contributed by atoms with Crippen molar-refractivity contribution in [2.75, 3.05) is 26.9 Å². The number of hydrogen-bond donors (Lipinski definition) is 0. The van der Waals surface area contributed by atoms with Crippen LogP contribution in [0.3, 0.4) is 0 Å². The third-order valence-electron chi connectivity index (χ3n) is 4.30. The molecule has 1 atom stereocenters. The molecule has 2 aromatic rings. The van der Waals surface area contributed by atoms with Crippen molar-refractivity contribution in [3.8, 4) is 5.75 Å². The quantitative estimate of drug-likeness (QED) is 0.815. The van der Waals surface area contributed by atoms with Gasteiger partial charge in [0.05, 0.1) is 26.2 Å². The van der Waals surface area contributed by atoms with E-state index in [-0.39, 0.29) is 0 Å². The van der Waals surface area contributed by atoms with Crippen molar-refractivity contribution in [2.45, 2.75) is 32.3 Å². The molecule has 0 amide bonds. The van der Waals surface area contributed by atoms with Crippen molar-refractivity contribution in [3.63, 3.8) is 0 Å². The topological polar surface area (TPSA) is 66.6 Å². The van der Waals surface area contributed by atoms with Gasteiger partial charge in [0.25, 0.3) is 5.89 Å². The highest BCUT2D eigenvalue weighted by molar-refractivity contribution is 5.33. The standard InChI is InChI=1S/C17H22N2O4/c1-12-4-5-14(10-13(12)2)22-8-6-15-18-19-16(23-15)17(20-3)7-9-21-11-17/h4-5,10H,6-9,11H2,1-3H3. The van der Waals surface area contributed by atoms with Crippen LogP contribution in [0.5, 0.6) is 5.75 Å². The summed E-state index contributed by atoms with van der Waals surface area (Å²) in [5.74, 6) is 1.89. The largest absolute Gasteiger partial charge is 0.493 e. The van der Waals surface area contributed by atoms with Gasteiger partial charge in [0.1, 0.15) is 5.75 Å². The van der Waals surface area contributed by atoms with Crippen molar-refractivity contribution in [3.05, 3.63) is 41.1 Å². The highest BCUT2D eigenvalue weighted by Gasteiger charge is 2.42. The second-order valence-electron chi connectivity index (χ2n) is 5.85. The minimum Gasteiger partial charge on any atom is -0.493 e. The predicted molar refractivity (Wildman–Crippen MR) is 83.5 cm³/mol. The molecule has 0 saturated carbocycles. The van der Waals surface area contributed by atoms with Crippen LogP contribution in [0.15, 0.2) is 22.6 Å². The first-order valence-corrected chi connectivity index (χ1v) is 7.79. The maximum absolute atomic E-state index is 5.75. The lowest BCUT2D eigenvalue weighted by atomic mass is 10.0. The van der Waals surface area contributed by atoms with Gasteiger partial charge in [-0.2, -0.15) is 0 Å². The zero-order valence-electron chi connectivity index (χ0n) is 13.8. The first-order chi connectivity index (χ1) is 11.1. The number of rotatable bonds is 6. The van der Waals surface area contributed by atoms with E-state index in [9.17, 15) is 0 Å². The molecule has 1 aromatic heterocycles. The SMILES string of the molecule is COC1(c2nnc(CCOc3ccc(C)c(C)c3)o2)CCOC1. The Morgan fingerprint density at radius 3 is 2.78 bits per heavy atom. The van der Waals surface area contributed by atoms with Crippen LogP contribution in [0, 0.1) is 13.8 Å². The molecule has 1 aliphatic rings. The average molecular weight is 318 g/mol. The summed E-state index contributed by atoms with van der Waals surface area (Å²) in [5.41, 5.74) is 1.87. The van der Waals surface area contributed by atoms with Gasteiger partial charge in [0.15, 0.2) is 5.60 Å². The van der Waals surface area contributed by atoms with Gasteiger partial charge in [-0.1, -0.05) is 6.07 Å². The van der Waals surface area contributed by atoms with E-state index in [1.807, 2.05) is 12.1 Å². The Morgan fingerprint density at radius 1 is 1.22 bits per heavy atom. The van der Waals surface area contributed by atoms with Crippen LogP contribution in [0.2, 0.25) is 0 Å². The zero-order valence-corrected chi connectivity index (χ0v) is 13.8. The normalized spacial score (nSPS) is 20.8. The Balaban J connectivity index is 1.58. The molecule has 6 heteroatoms. The molecule has 0 N–H and O–H groups in total. The fourth-order valence-electron chi connectivity index (χ4n) is 2.56. The van der Waals surface area contributed by atoms with E-state index in [4.69, 9.17) is 18.6 Å². The number of ether oxygens (including phenoxy) is 3. The minimum absolute atomic E-state index is 0.449. The number of benzene rings is 1. The molecule has 124 valence electrons. The van der Waals surface area contributed by atoms with Crippen LogP contribution in [-0.2, 0) is 21.5 Å². The number of aryl methyl sites for hydroxylation is 2. The van der Waals surface area contributed by atoms with Crippen molar-refractivity contribution in [1.29, 1.82) is 0 Å². The van der Waals surface area contributed by atoms with E-state index in [0.717, 1.165) is 12.2 Å². The van der Waals surface area contributed by atoms with Gasteiger partial charge >= 0.3 is 0 Å². The van der Waals surface area contributed by atoms with Crippen molar-refractivity contribution in [2.24, 2.45) is 0 Å². The number of nitrogens with zero attached hydrogens (tertiary/aromatic N) is 2. The maximum atomic E-state index is 5.75. The third-order valence-corrected chi connectivity index (χ3v) is 4.30. The van der Waals surface area contributed by atoms with Crippen LogP contribution < -0.4 is 4.74 Å². The molecule has 0 aliphatic carbocycles. The van der Waals surface area contributed by atoms with Crippen LogP contribution in [0.25, 0.3) is 0 Å². The van der Waals surface area contributed by atoms with Gasteiger partial charge in [0, 0.05) is 13.5 Å². The van der Waals surface area contributed by atoms with Crippen molar-refractivity contribution >= 4 is 0 Å². The lowest BCUT2D eigenvalue weighted by molar-refractivity contribution is -0.0417. The van der Waals surface area contributed by atoms with Gasteiger partial charge in [-0.15, -0.1) is 10.2 Å². The van der Waals surface area contributed by atoms with Gasteiger partial charge in [0.2, 0.25) is 5.89 Å². The highest BCUT2D eigenvalue weighted by Crippen LogP contribution is 2.32. The molecule has 1 aromatic carbocycles. The van der Waals surface area contributed by atoms with Crippen LogP contribution >= 0.6 is 0 Å². The van der Waals surface area contributed by atoms with Crippen LogP contribution in [0.1, 0.15) is 29.3 Å². The Morgan fingerprint density at radius 2 is 2.09 bits per heavy atom. The van der Waals surface area contributed by atoms with Crippen LogP contribution in [-0.4, -0.2) is 37.1 Å². The molecule has 2 heterocycles. The number of aromatic nitrogens is 2. The summed E-state index contributed by atoms with van der Waals surface area (Å²) in [6.45, 7) is 5.73. The fourth-order valence-corrected chi connectivity index (χ4v) is 2.56. The second kappa shape index (κ2) is 6.68. The van der Waals surface area contributed by atoms with Gasteiger partial charge in [-0.25, -0.2) is 0 Å². The van der Waals surface area contributed by atoms with E-state index in [0.29, 0.717) is 38.0 Å². The molecule has 0 radical (unpaired) electrons. The summed E-state index contributed by atoms with van der Waals surface area (Å²) in [5, 5.41) is 8.20. The number of hydrogen-bond acceptors (Lipinski definition) is 6. The molecular formula is C17H22N2O4. The summed E-state index contributed by atoms with van der Waals surface area (Å²) in [6.07, 6.45) is 1.28. The monoisotopic (exact) mass is 318 g/mol. The third kappa shape index (κ3) is 3.38. The molecular weight excluding hydrogens is 296 g/mol. The van der Waals surface area contributed by atoms with Crippen molar-refractivity contribution in [1.82, 2.24) is 10.2 Å². The summed E-state index contributed by atoms with van der Waals surface area (Å²) in [7, 11) is 1.64. The lowest BCUT2D eigenvalue weighted by Gasteiger charge is -2.20. The first kappa shape index (κ1) is 16.0. The minimum atomic E-state index is -0.597. The van der Waals surface area contributed by atoms with E-state index in [1.54, 1.807) is 7.11 Å². The number of methoxy groups -OCH3 is 1. The summed E-state index contributed by atoms with van der Waals surface area (Å²) < 4.78 is 22.4. The maximum Gasteiger partial charge on any atom is 0.250 e. The summed E-state index contributed by atoms with van der Waals surface area (Å²) >= 11 is 0. The molecule has 0 bridgehead atoms. The second-order valence-corrected chi connectivity index (χ2v) is 5.85. The van der Waals surface area contributed by atoms with E-state index in [2.05, 4.69) is 30.1 Å². The summed E-state index contributed by atoms with van der Waals surface area (Å²) in [6, 6.07) is 6.06. The molecule has 1 saturated heterocycles. The molecule has 1 unspecified atom stereocenters. The predicted octanol–water partition coefficient (Wildman–Crippen LogP) is 2.57. The Labute approximate surface area is 135 Å². The molecule has 1 fully saturated rings. The van der Waals surface area contributed by atoms with Crippen LogP contribution in [0.4, 0.5) is 0 Å². The highest BCUT2D eigenvalue weighted by atomic mass is 16.6. The first-order valence-electron chi connectivity index (χ1n) is 7.79. The van der Waals surface area contributed by atoms with Crippen molar-refractivity contribution < 1.29 is 18.6 Å². The zero-order chi connectivity index (χ0) is 16.3. The van der Waals surface area contributed by atoms with Gasteiger partial charge in [-0.05, 0) is 37.1 Å². The van der Waals surface area contributed by atoms with Gasteiger partial charge in [-0.3, -0.25) is 0 Å².